The molecule has 0 bridgehead atoms. The molecule has 84 valence electrons. The lowest BCUT2D eigenvalue weighted by Gasteiger charge is -2.04. The van der Waals surface area contributed by atoms with Crippen molar-refractivity contribution in [1.29, 1.82) is 0 Å². The molecule has 0 fully saturated rings. The van der Waals surface area contributed by atoms with Crippen LogP contribution >= 0.6 is 23.2 Å². The Labute approximate surface area is 97.8 Å². The van der Waals surface area contributed by atoms with Gasteiger partial charge in [0.2, 0.25) is 0 Å². The van der Waals surface area contributed by atoms with Gasteiger partial charge >= 0.3 is 0 Å². The molecule has 15 heavy (non-hydrogen) atoms. The van der Waals surface area contributed by atoms with Crippen LogP contribution in [-0.2, 0) is 11.3 Å². The summed E-state index contributed by atoms with van der Waals surface area (Å²) in [5.41, 5.74) is -0.346. The van der Waals surface area contributed by atoms with Crippen LogP contribution in [0.5, 0.6) is 0 Å². The molecule has 1 rings (SSSR count). The van der Waals surface area contributed by atoms with E-state index in [2.05, 4.69) is 5.10 Å². The van der Waals surface area contributed by atoms with Gasteiger partial charge in [0.25, 0.3) is 5.56 Å². The number of halogens is 2. The van der Waals surface area contributed by atoms with Crippen molar-refractivity contribution < 1.29 is 4.74 Å². The second-order valence-electron chi connectivity index (χ2n) is 3.03. The molecule has 0 saturated heterocycles. The summed E-state index contributed by atoms with van der Waals surface area (Å²) in [7, 11) is 1.64. The molecule has 0 atom stereocenters. The van der Waals surface area contributed by atoms with Crippen LogP contribution in [-0.4, -0.2) is 23.5 Å². The predicted molar refractivity (Wildman–Crippen MR) is 59.6 cm³/mol. The molecule has 1 heterocycles. The average Bonchev–Trinajstić information content (AvgIpc) is 2.24. The van der Waals surface area contributed by atoms with Gasteiger partial charge in [0.15, 0.2) is 0 Å². The van der Waals surface area contributed by atoms with Gasteiger partial charge in [0.05, 0.1) is 11.2 Å². The Balaban J connectivity index is 2.63. The van der Waals surface area contributed by atoms with Crippen molar-refractivity contribution in [1.82, 2.24) is 9.78 Å². The van der Waals surface area contributed by atoms with Crippen molar-refractivity contribution >= 4 is 23.2 Å². The van der Waals surface area contributed by atoms with Crippen LogP contribution in [0.2, 0.25) is 10.0 Å². The van der Waals surface area contributed by atoms with Crippen molar-refractivity contribution in [3.8, 4) is 0 Å². The van der Waals surface area contributed by atoms with Gasteiger partial charge in [0, 0.05) is 20.3 Å². The largest absolute Gasteiger partial charge is 0.385 e. The van der Waals surface area contributed by atoms with Crippen molar-refractivity contribution in [2.45, 2.75) is 19.4 Å². The zero-order valence-corrected chi connectivity index (χ0v) is 9.88. The van der Waals surface area contributed by atoms with Crippen molar-refractivity contribution in [3.63, 3.8) is 0 Å². The summed E-state index contributed by atoms with van der Waals surface area (Å²) in [6.07, 6.45) is 3.07. The molecule has 1 aromatic rings. The van der Waals surface area contributed by atoms with E-state index in [4.69, 9.17) is 27.9 Å². The molecule has 0 aliphatic carbocycles. The first-order valence-corrected chi connectivity index (χ1v) is 5.32. The van der Waals surface area contributed by atoms with Crippen LogP contribution in [0, 0.1) is 0 Å². The lowest BCUT2D eigenvalue weighted by atomic mass is 10.3. The smallest absolute Gasteiger partial charge is 0.287 e. The second kappa shape index (κ2) is 6.10. The number of ether oxygens (including phenoxy) is 1. The van der Waals surface area contributed by atoms with Crippen molar-refractivity contribution in [2.24, 2.45) is 0 Å². The first-order chi connectivity index (χ1) is 7.16. The molecule has 6 heteroatoms. The fourth-order valence-electron chi connectivity index (χ4n) is 1.11. The highest BCUT2D eigenvalue weighted by Gasteiger charge is 2.06. The molecule has 0 radical (unpaired) electrons. The van der Waals surface area contributed by atoms with Gasteiger partial charge in [-0.1, -0.05) is 23.2 Å². The summed E-state index contributed by atoms with van der Waals surface area (Å²) in [5.74, 6) is 0. The molecule has 0 aromatic carbocycles. The lowest BCUT2D eigenvalue weighted by Crippen LogP contribution is -2.23. The third-order valence-electron chi connectivity index (χ3n) is 1.91. The first-order valence-electron chi connectivity index (χ1n) is 4.57. The minimum atomic E-state index is -0.346. The topological polar surface area (TPSA) is 44.1 Å². The Morgan fingerprint density at radius 2 is 2.20 bits per heavy atom. The molecule has 0 aliphatic heterocycles. The van der Waals surface area contributed by atoms with Crippen molar-refractivity contribution in [2.75, 3.05) is 13.7 Å². The molecular formula is C9H12Cl2N2O2. The molecular weight excluding hydrogens is 239 g/mol. The molecule has 0 saturated carbocycles. The van der Waals surface area contributed by atoms with Gasteiger partial charge < -0.3 is 4.74 Å². The van der Waals surface area contributed by atoms with E-state index in [0.29, 0.717) is 13.2 Å². The van der Waals surface area contributed by atoms with Crippen molar-refractivity contribution in [3.05, 3.63) is 26.6 Å². The number of methoxy groups -OCH3 is 1. The third kappa shape index (κ3) is 3.48. The quantitative estimate of drug-likeness (QED) is 0.751. The molecule has 0 aliphatic rings. The monoisotopic (exact) mass is 250 g/mol. The number of nitrogens with zero attached hydrogens (tertiary/aromatic N) is 2. The normalized spacial score (nSPS) is 10.6. The van der Waals surface area contributed by atoms with E-state index in [0.717, 1.165) is 12.8 Å². The molecule has 0 N–H and O–H groups in total. The zero-order chi connectivity index (χ0) is 11.3. The minimum absolute atomic E-state index is 0.0263. The predicted octanol–water partition coefficient (Wildman–Crippen LogP) is 1.98. The van der Waals surface area contributed by atoms with E-state index in [9.17, 15) is 4.79 Å². The van der Waals surface area contributed by atoms with Crippen LogP contribution in [0.4, 0.5) is 0 Å². The van der Waals surface area contributed by atoms with E-state index < -0.39 is 0 Å². The average molecular weight is 251 g/mol. The number of hydrogen-bond acceptors (Lipinski definition) is 3. The number of unbranched alkanes of at least 4 members (excludes halogenated alkanes) is 1. The highest BCUT2D eigenvalue weighted by molar-refractivity contribution is 6.41. The lowest BCUT2D eigenvalue weighted by molar-refractivity contribution is 0.190. The van der Waals surface area contributed by atoms with E-state index in [1.807, 2.05) is 0 Å². The molecule has 0 unspecified atom stereocenters. The van der Waals surface area contributed by atoms with Crippen LogP contribution in [0.15, 0.2) is 11.0 Å². The minimum Gasteiger partial charge on any atom is -0.385 e. The SMILES string of the molecule is COCCCCn1ncc(Cl)c(Cl)c1=O. The van der Waals surface area contributed by atoms with Gasteiger partial charge in [-0.25, -0.2) is 4.68 Å². The number of rotatable bonds is 5. The molecule has 4 nitrogen and oxygen atoms in total. The standard InChI is InChI=1S/C9H12Cl2N2O2/c1-15-5-3-2-4-13-9(14)8(11)7(10)6-12-13/h6H,2-5H2,1H3. The van der Waals surface area contributed by atoms with Gasteiger partial charge in [-0.05, 0) is 12.8 Å². The number of aromatic nitrogens is 2. The highest BCUT2D eigenvalue weighted by Crippen LogP contribution is 2.14. The maximum Gasteiger partial charge on any atom is 0.287 e. The fourth-order valence-corrected chi connectivity index (χ4v) is 1.38. The summed E-state index contributed by atoms with van der Waals surface area (Å²) in [6, 6.07) is 0. The Kier molecular flexibility index (Phi) is 5.08. The van der Waals surface area contributed by atoms with Gasteiger partial charge in [-0.2, -0.15) is 5.10 Å². The number of aryl methyl sites for hydroxylation is 1. The summed E-state index contributed by atoms with van der Waals surface area (Å²) in [4.78, 5) is 11.5. The summed E-state index contributed by atoms with van der Waals surface area (Å²) < 4.78 is 6.21. The van der Waals surface area contributed by atoms with Crippen LogP contribution in [0.25, 0.3) is 0 Å². The van der Waals surface area contributed by atoms with Crippen LogP contribution < -0.4 is 5.56 Å². The van der Waals surface area contributed by atoms with Gasteiger partial charge in [0.1, 0.15) is 5.02 Å². The van der Waals surface area contributed by atoms with E-state index in [-0.39, 0.29) is 15.6 Å². The summed E-state index contributed by atoms with van der Waals surface area (Å²) in [5, 5.41) is 4.10. The summed E-state index contributed by atoms with van der Waals surface area (Å²) >= 11 is 11.3. The maximum absolute atomic E-state index is 11.5. The van der Waals surface area contributed by atoms with E-state index in [1.54, 1.807) is 7.11 Å². The summed E-state index contributed by atoms with van der Waals surface area (Å²) in [6.45, 7) is 1.20. The third-order valence-corrected chi connectivity index (χ3v) is 2.66. The second-order valence-corrected chi connectivity index (χ2v) is 3.82. The Hall–Kier alpha value is -0.580. The highest BCUT2D eigenvalue weighted by atomic mass is 35.5. The van der Waals surface area contributed by atoms with Crippen LogP contribution in [0.1, 0.15) is 12.8 Å². The molecule has 1 aromatic heterocycles. The number of hydrogen-bond donors (Lipinski definition) is 0. The zero-order valence-electron chi connectivity index (χ0n) is 8.37. The van der Waals surface area contributed by atoms with Gasteiger partial charge in [-0.3, -0.25) is 4.79 Å². The molecule has 0 spiro atoms. The van der Waals surface area contributed by atoms with Gasteiger partial charge in [-0.15, -0.1) is 0 Å². The first kappa shape index (κ1) is 12.5. The Morgan fingerprint density at radius 1 is 1.47 bits per heavy atom. The Morgan fingerprint density at radius 3 is 2.87 bits per heavy atom. The molecule has 0 amide bonds. The fraction of sp³-hybridized carbons (Fsp3) is 0.556. The Bertz CT molecular complexity index is 379. The van der Waals surface area contributed by atoms with E-state index in [1.165, 1.54) is 10.9 Å². The van der Waals surface area contributed by atoms with E-state index >= 15 is 0 Å². The van der Waals surface area contributed by atoms with Crippen LogP contribution in [0.3, 0.4) is 0 Å². The maximum atomic E-state index is 11.5.